The number of nitrogens with zero attached hydrogens (tertiary/aromatic N) is 4. The van der Waals surface area contributed by atoms with Crippen molar-refractivity contribution in [3.05, 3.63) is 50.3 Å². The van der Waals surface area contributed by atoms with Crippen LogP contribution in [0.25, 0.3) is 0 Å². The zero-order valence-corrected chi connectivity index (χ0v) is 17.1. The number of aryl methyl sites for hydroxylation is 1. The Bertz CT molecular complexity index is 980. The lowest BCUT2D eigenvalue weighted by Gasteiger charge is -2.46. The van der Waals surface area contributed by atoms with Crippen molar-refractivity contribution in [3.63, 3.8) is 0 Å². The quantitative estimate of drug-likeness (QED) is 0.781. The molecule has 8 heteroatoms. The fraction of sp³-hybridized carbons (Fsp3) is 0.500. The summed E-state index contributed by atoms with van der Waals surface area (Å²) in [5, 5.41) is 2.87. The van der Waals surface area contributed by atoms with Gasteiger partial charge in [0.1, 0.15) is 6.04 Å². The summed E-state index contributed by atoms with van der Waals surface area (Å²) < 4.78 is 1.66. The summed E-state index contributed by atoms with van der Waals surface area (Å²) in [6, 6.07) is 4.60. The first kappa shape index (κ1) is 18.9. The highest BCUT2D eigenvalue weighted by Crippen LogP contribution is 2.41. The highest BCUT2D eigenvalue weighted by atomic mass is 32.1. The molecule has 0 aromatic carbocycles. The van der Waals surface area contributed by atoms with Crippen molar-refractivity contribution < 1.29 is 9.59 Å². The fourth-order valence-corrected chi connectivity index (χ4v) is 5.09. The van der Waals surface area contributed by atoms with E-state index in [2.05, 4.69) is 4.98 Å². The maximum absolute atomic E-state index is 12.9. The lowest BCUT2D eigenvalue weighted by molar-refractivity contribution is -0.140. The van der Waals surface area contributed by atoms with E-state index in [0.717, 1.165) is 22.8 Å². The van der Waals surface area contributed by atoms with E-state index in [1.807, 2.05) is 23.3 Å². The Balaban J connectivity index is 1.66. The number of carbonyl (C=O) groups excluding carboxylic acids is 2. The molecule has 4 rings (SSSR count). The normalized spacial score (nSPS) is 23.2. The van der Waals surface area contributed by atoms with Crippen LogP contribution in [0.5, 0.6) is 0 Å². The first-order valence-corrected chi connectivity index (χ1v) is 10.3. The molecule has 0 spiro atoms. The molecule has 0 N–H and O–H groups in total. The number of rotatable bonds is 3. The van der Waals surface area contributed by atoms with Crippen LogP contribution in [0, 0.1) is 12.8 Å². The fourth-order valence-electron chi connectivity index (χ4n) is 4.48. The Labute approximate surface area is 167 Å². The number of pyridine rings is 1. The maximum atomic E-state index is 12.9. The van der Waals surface area contributed by atoms with Gasteiger partial charge in [0.15, 0.2) is 0 Å². The van der Waals surface area contributed by atoms with Gasteiger partial charge in [0.25, 0.3) is 5.56 Å². The number of likely N-dealkylation sites (N-methyl/N-ethyl adjacent to an activating group) is 1. The Hall–Kier alpha value is -2.48. The van der Waals surface area contributed by atoms with E-state index in [9.17, 15) is 14.4 Å². The summed E-state index contributed by atoms with van der Waals surface area (Å²) in [5.74, 6) is -0.0624. The summed E-state index contributed by atoms with van der Waals surface area (Å²) >= 11 is 1.54. The van der Waals surface area contributed by atoms with E-state index < -0.39 is 6.04 Å². The predicted molar refractivity (Wildman–Crippen MR) is 106 cm³/mol. The number of likely N-dealkylation sites (tertiary alicyclic amines) is 1. The number of carbonyl (C=O) groups is 2. The van der Waals surface area contributed by atoms with Crippen molar-refractivity contribution in [1.29, 1.82) is 0 Å². The molecule has 1 saturated heterocycles. The van der Waals surface area contributed by atoms with Gasteiger partial charge in [-0.1, -0.05) is 6.07 Å². The van der Waals surface area contributed by atoms with Gasteiger partial charge in [-0.25, -0.2) is 4.98 Å². The largest absolute Gasteiger partial charge is 0.347 e. The summed E-state index contributed by atoms with van der Waals surface area (Å²) in [6.07, 6.45) is 1.09. The van der Waals surface area contributed by atoms with E-state index in [-0.39, 0.29) is 35.6 Å². The molecule has 2 amide bonds. The van der Waals surface area contributed by atoms with Crippen LogP contribution in [0.15, 0.2) is 28.4 Å². The molecule has 28 heavy (non-hydrogen) atoms. The van der Waals surface area contributed by atoms with Crippen molar-refractivity contribution in [3.8, 4) is 0 Å². The summed E-state index contributed by atoms with van der Waals surface area (Å²) in [4.78, 5) is 46.2. The highest BCUT2D eigenvalue weighted by Gasteiger charge is 2.45. The minimum absolute atomic E-state index is 0.0304. The number of amides is 2. The zero-order chi connectivity index (χ0) is 20.0. The maximum Gasteiger partial charge on any atom is 0.251 e. The highest BCUT2D eigenvalue weighted by molar-refractivity contribution is 7.09. The molecule has 0 unspecified atom stereocenters. The van der Waals surface area contributed by atoms with Crippen LogP contribution >= 0.6 is 11.3 Å². The van der Waals surface area contributed by atoms with Gasteiger partial charge in [-0.05, 0) is 19.4 Å². The van der Waals surface area contributed by atoms with Gasteiger partial charge in [-0.15, -0.1) is 11.3 Å². The van der Waals surface area contributed by atoms with Crippen molar-refractivity contribution in [1.82, 2.24) is 19.4 Å². The Morgan fingerprint density at radius 3 is 2.75 bits per heavy atom. The van der Waals surface area contributed by atoms with E-state index in [1.165, 1.54) is 22.3 Å². The second kappa shape index (κ2) is 7.16. The SMILES string of the molecule is Cc1nc(CC(=O)N2C[C@H]3C[C@@H](C2)[C@H](C(=O)N(C)C)n2c3cccc2=O)cs1. The third-order valence-electron chi connectivity index (χ3n) is 5.69. The molecular weight excluding hydrogens is 376 g/mol. The number of thiazole rings is 1. The lowest BCUT2D eigenvalue weighted by Crippen LogP contribution is -2.54. The lowest BCUT2D eigenvalue weighted by atomic mass is 9.78. The number of aromatic nitrogens is 2. The molecule has 0 aliphatic carbocycles. The van der Waals surface area contributed by atoms with Gasteiger partial charge < -0.3 is 9.80 Å². The van der Waals surface area contributed by atoms with Crippen LogP contribution in [-0.2, 0) is 16.0 Å². The standard InChI is InChI=1S/C20H24N4O3S/c1-12-21-15(11-28-12)8-18(26)23-9-13-7-14(10-23)19(20(27)22(2)3)24-16(13)5-4-6-17(24)25/h4-6,11,13-14,19H,7-10H2,1-3H3/t13-,14+,19-/m1/s1. The van der Waals surface area contributed by atoms with Gasteiger partial charge in [-0.3, -0.25) is 19.0 Å². The van der Waals surface area contributed by atoms with Crippen LogP contribution in [0.2, 0.25) is 0 Å². The molecule has 0 radical (unpaired) electrons. The van der Waals surface area contributed by atoms with E-state index in [1.54, 1.807) is 24.7 Å². The summed E-state index contributed by atoms with van der Waals surface area (Å²) in [5.41, 5.74) is 1.50. The van der Waals surface area contributed by atoms with Crippen LogP contribution in [0.3, 0.4) is 0 Å². The first-order chi connectivity index (χ1) is 13.3. The second-order valence-electron chi connectivity index (χ2n) is 7.86. The minimum Gasteiger partial charge on any atom is -0.347 e. The zero-order valence-electron chi connectivity index (χ0n) is 16.3. The topological polar surface area (TPSA) is 75.5 Å². The number of hydrogen-bond acceptors (Lipinski definition) is 5. The molecule has 2 aliphatic rings. The van der Waals surface area contributed by atoms with Gasteiger partial charge >= 0.3 is 0 Å². The Morgan fingerprint density at radius 2 is 2.07 bits per heavy atom. The molecule has 1 fully saturated rings. The minimum atomic E-state index is -0.563. The molecule has 2 aromatic rings. The van der Waals surface area contributed by atoms with E-state index >= 15 is 0 Å². The van der Waals surface area contributed by atoms with E-state index in [0.29, 0.717) is 13.1 Å². The Kier molecular flexibility index (Phi) is 4.82. The average molecular weight is 401 g/mol. The van der Waals surface area contributed by atoms with Gasteiger partial charge in [0, 0.05) is 56.2 Å². The van der Waals surface area contributed by atoms with Crippen molar-refractivity contribution in [2.24, 2.45) is 5.92 Å². The number of fused-ring (bicyclic) bond motifs is 4. The summed E-state index contributed by atoms with van der Waals surface area (Å²) in [7, 11) is 3.41. The van der Waals surface area contributed by atoms with Crippen molar-refractivity contribution in [2.75, 3.05) is 27.2 Å². The number of hydrogen-bond donors (Lipinski definition) is 0. The number of piperidine rings is 1. The molecule has 7 nitrogen and oxygen atoms in total. The third-order valence-corrected chi connectivity index (χ3v) is 6.52. The van der Waals surface area contributed by atoms with Crippen molar-refractivity contribution >= 4 is 23.2 Å². The average Bonchev–Trinajstić information content (AvgIpc) is 3.06. The van der Waals surface area contributed by atoms with Crippen LogP contribution in [-0.4, -0.2) is 58.4 Å². The van der Waals surface area contributed by atoms with Gasteiger partial charge in [-0.2, -0.15) is 0 Å². The van der Waals surface area contributed by atoms with Crippen LogP contribution in [0.1, 0.15) is 34.8 Å². The smallest absolute Gasteiger partial charge is 0.251 e. The van der Waals surface area contributed by atoms with Crippen LogP contribution < -0.4 is 5.56 Å². The summed E-state index contributed by atoms with van der Waals surface area (Å²) in [6.45, 7) is 2.99. The van der Waals surface area contributed by atoms with Crippen molar-refractivity contribution in [2.45, 2.75) is 31.7 Å². The third kappa shape index (κ3) is 3.26. The molecule has 3 atom stereocenters. The predicted octanol–water partition coefficient (Wildman–Crippen LogP) is 1.43. The molecule has 2 aliphatic heterocycles. The first-order valence-electron chi connectivity index (χ1n) is 9.46. The molecule has 2 aromatic heterocycles. The molecule has 0 saturated carbocycles. The Morgan fingerprint density at radius 1 is 1.29 bits per heavy atom. The van der Waals surface area contributed by atoms with Gasteiger partial charge in [0.2, 0.25) is 11.8 Å². The molecule has 148 valence electrons. The monoisotopic (exact) mass is 400 g/mol. The second-order valence-corrected chi connectivity index (χ2v) is 8.92. The van der Waals surface area contributed by atoms with Crippen LogP contribution in [0.4, 0.5) is 0 Å². The van der Waals surface area contributed by atoms with Gasteiger partial charge in [0.05, 0.1) is 17.1 Å². The van der Waals surface area contributed by atoms with E-state index in [4.69, 9.17) is 0 Å². The molecule has 4 heterocycles. The molecule has 2 bridgehead atoms. The molecular formula is C20H24N4O3S.